The lowest BCUT2D eigenvalue weighted by Crippen LogP contribution is -2.31. The molecule has 1 unspecified atom stereocenters. The van der Waals surface area contributed by atoms with Crippen LogP contribution in [-0.4, -0.2) is 38.7 Å². The number of benzene rings is 2. The zero-order chi connectivity index (χ0) is 25.9. The maximum atomic E-state index is 13.6. The zero-order valence-corrected chi connectivity index (χ0v) is 21.7. The van der Waals surface area contributed by atoms with Crippen LogP contribution in [0.1, 0.15) is 32.4 Å². The van der Waals surface area contributed by atoms with Crippen LogP contribution >= 0.6 is 11.6 Å². The monoisotopic (exact) mass is 513 g/mol. The minimum absolute atomic E-state index is 0.269. The third-order valence-corrected chi connectivity index (χ3v) is 6.81. The molecule has 2 aromatic carbocycles. The van der Waals surface area contributed by atoms with Crippen LogP contribution in [0.15, 0.2) is 84.3 Å². The van der Waals surface area contributed by atoms with Gasteiger partial charge in [-0.3, -0.25) is 9.78 Å². The fourth-order valence-electron chi connectivity index (χ4n) is 4.60. The van der Waals surface area contributed by atoms with Crippen molar-refractivity contribution in [3.63, 3.8) is 0 Å². The molecule has 0 bridgehead atoms. The average Bonchev–Trinajstić information content (AvgIpc) is 3.33. The second kappa shape index (κ2) is 10.4. The van der Waals surface area contributed by atoms with E-state index in [1.54, 1.807) is 29.2 Å². The van der Waals surface area contributed by atoms with Gasteiger partial charge in [-0.25, -0.2) is 4.68 Å². The standard InChI is InChI=1S/C28H28ClN7O/c1-4-35(5-2)21-14-12-19(13-15-21)26-33-28-31-18(3)24(27(37)32-20-9-8-16-30-17-20)25(36(28)34-26)22-10-6-7-11-23(22)29/h6-17,25H,4-5H2,1-3H3,(H,32,37)(H,31,33,34). The van der Waals surface area contributed by atoms with Crippen molar-refractivity contribution in [1.82, 2.24) is 19.7 Å². The third-order valence-electron chi connectivity index (χ3n) is 6.47. The highest BCUT2D eigenvalue weighted by Crippen LogP contribution is 2.39. The predicted molar refractivity (Wildman–Crippen MR) is 148 cm³/mol. The number of pyridine rings is 1. The molecule has 0 saturated heterocycles. The van der Waals surface area contributed by atoms with Gasteiger partial charge >= 0.3 is 0 Å². The molecule has 1 atom stereocenters. The minimum atomic E-state index is -0.571. The molecular formula is C28H28ClN7O. The second-order valence-electron chi connectivity index (χ2n) is 8.71. The van der Waals surface area contributed by atoms with Crippen LogP contribution in [0.3, 0.4) is 0 Å². The number of allylic oxidation sites excluding steroid dienone is 1. The number of hydrogen-bond donors (Lipinski definition) is 2. The smallest absolute Gasteiger partial charge is 0.255 e. The summed E-state index contributed by atoms with van der Waals surface area (Å²) in [6.07, 6.45) is 3.27. The molecule has 0 radical (unpaired) electrons. The Morgan fingerprint density at radius 2 is 1.84 bits per heavy atom. The van der Waals surface area contributed by atoms with E-state index in [-0.39, 0.29) is 5.91 Å². The van der Waals surface area contributed by atoms with Crippen LogP contribution < -0.4 is 15.5 Å². The number of nitrogens with one attached hydrogen (secondary N) is 2. The van der Waals surface area contributed by atoms with E-state index in [0.717, 1.165) is 29.9 Å². The first kappa shape index (κ1) is 24.5. The summed E-state index contributed by atoms with van der Waals surface area (Å²) in [6, 6.07) is 18.7. The first-order valence-corrected chi connectivity index (χ1v) is 12.6. The van der Waals surface area contributed by atoms with Gasteiger partial charge in [0, 0.05) is 46.8 Å². The Labute approximate surface area is 221 Å². The van der Waals surface area contributed by atoms with Gasteiger partial charge in [0.15, 0.2) is 5.82 Å². The molecule has 1 aliphatic rings. The highest BCUT2D eigenvalue weighted by atomic mass is 35.5. The topological polar surface area (TPSA) is 88.0 Å². The van der Waals surface area contributed by atoms with Crippen molar-refractivity contribution in [3.8, 4) is 11.4 Å². The number of carbonyl (C=O) groups excluding carboxylic acids is 1. The normalized spacial score (nSPS) is 14.6. The van der Waals surface area contributed by atoms with Crippen LogP contribution in [0, 0.1) is 0 Å². The first-order valence-electron chi connectivity index (χ1n) is 12.3. The van der Waals surface area contributed by atoms with Crippen LogP contribution in [0.2, 0.25) is 5.02 Å². The highest BCUT2D eigenvalue weighted by molar-refractivity contribution is 6.31. The van der Waals surface area contributed by atoms with E-state index in [1.165, 1.54) is 0 Å². The molecule has 37 heavy (non-hydrogen) atoms. The number of halogens is 1. The van der Waals surface area contributed by atoms with E-state index in [0.29, 0.717) is 33.8 Å². The number of fused-ring (bicyclic) bond motifs is 1. The Morgan fingerprint density at radius 3 is 2.51 bits per heavy atom. The minimum Gasteiger partial charge on any atom is -0.372 e. The number of amides is 1. The molecular weight excluding hydrogens is 486 g/mol. The fourth-order valence-corrected chi connectivity index (χ4v) is 4.84. The van der Waals surface area contributed by atoms with Crippen molar-refractivity contribution in [2.75, 3.05) is 28.6 Å². The molecule has 5 rings (SSSR count). The summed E-state index contributed by atoms with van der Waals surface area (Å²) in [5.74, 6) is 0.838. The molecule has 3 heterocycles. The molecule has 1 aliphatic heterocycles. The maximum absolute atomic E-state index is 13.6. The number of hydrogen-bond acceptors (Lipinski definition) is 6. The first-order chi connectivity index (χ1) is 18.0. The summed E-state index contributed by atoms with van der Waals surface area (Å²) in [7, 11) is 0. The van der Waals surface area contributed by atoms with Gasteiger partial charge in [-0.15, -0.1) is 5.10 Å². The van der Waals surface area contributed by atoms with Crippen molar-refractivity contribution in [2.24, 2.45) is 0 Å². The van der Waals surface area contributed by atoms with Crippen molar-refractivity contribution in [3.05, 3.63) is 94.9 Å². The molecule has 9 heteroatoms. The Hall–Kier alpha value is -4.17. The Balaban J connectivity index is 1.56. The van der Waals surface area contributed by atoms with E-state index < -0.39 is 6.04 Å². The van der Waals surface area contributed by atoms with Gasteiger partial charge in [0.25, 0.3) is 5.91 Å². The molecule has 2 aromatic heterocycles. The van der Waals surface area contributed by atoms with Crippen molar-refractivity contribution in [1.29, 1.82) is 0 Å². The fraction of sp³-hybridized carbons (Fsp3) is 0.214. The number of rotatable bonds is 7. The number of nitrogens with zero attached hydrogens (tertiary/aromatic N) is 5. The summed E-state index contributed by atoms with van der Waals surface area (Å²) in [4.78, 5) is 24.7. The van der Waals surface area contributed by atoms with Crippen molar-refractivity contribution >= 4 is 34.8 Å². The lowest BCUT2D eigenvalue weighted by Gasteiger charge is -2.29. The van der Waals surface area contributed by atoms with Crippen LogP contribution in [0.4, 0.5) is 17.3 Å². The lowest BCUT2D eigenvalue weighted by molar-refractivity contribution is -0.113. The van der Waals surface area contributed by atoms with Crippen LogP contribution in [-0.2, 0) is 4.79 Å². The van der Waals surface area contributed by atoms with Crippen LogP contribution in [0.5, 0.6) is 0 Å². The molecule has 188 valence electrons. The SMILES string of the molecule is CCN(CC)c1ccc(-c2nc3n(n2)C(c2ccccc2Cl)C(C(=O)Nc2cccnc2)=C(C)N3)cc1. The second-order valence-corrected chi connectivity index (χ2v) is 9.11. The molecule has 8 nitrogen and oxygen atoms in total. The molecule has 0 saturated carbocycles. The third kappa shape index (κ3) is 4.80. The van der Waals surface area contributed by atoms with Gasteiger partial charge in [-0.1, -0.05) is 29.8 Å². The highest BCUT2D eigenvalue weighted by Gasteiger charge is 2.35. The molecule has 0 spiro atoms. The quantitative estimate of drug-likeness (QED) is 0.326. The van der Waals surface area contributed by atoms with E-state index in [1.807, 2.05) is 43.3 Å². The average molecular weight is 514 g/mol. The van der Waals surface area contributed by atoms with Gasteiger partial charge in [-0.05, 0) is 63.2 Å². The summed E-state index contributed by atoms with van der Waals surface area (Å²) < 4.78 is 1.74. The van der Waals surface area contributed by atoms with E-state index in [4.69, 9.17) is 21.7 Å². The Morgan fingerprint density at radius 1 is 1.08 bits per heavy atom. The van der Waals surface area contributed by atoms with Gasteiger partial charge < -0.3 is 15.5 Å². The van der Waals surface area contributed by atoms with E-state index in [9.17, 15) is 4.79 Å². The Bertz CT molecular complexity index is 1440. The Kier molecular flexibility index (Phi) is 6.92. The number of anilines is 3. The number of aromatic nitrogens is 4. The molecule has 0 aliphatic carbocycles. The summed E-state index contributed by atoms with van der Waals surface area (Å²) in [5.41, 5.74) is 4.57. The van der Waals surface area contributed by atoms with Crippen LogP contribution in [0.25, 0.3) is 11.4 Å². The van der Waals surface area contributed by atoms with Gasteiger partial charge in [0.2, 0.25) is 5.95 Å². The summed E-state index contributed by atoms with van der Waals surface area (Å²) in [6.45, 7) is 8.01. The van der Waals surface area contributed by atoms with Gasteiger partial charge in [-0.2, -0.15) is 4.98 Å². The molecule has 2 N–H and O–H groups in total. The zero-order valence-electron chi connectivity index (χ0n) is 20.9. The van der Waals surface area contributed by atoms with Gasteiger partial charge in [0.1, 0.15) is 6.04 Å². The van der Waals surface area contributed by atoms with Gasteiger partial charge in [0.05, 0.1) is 17.5 Å². The summed E-state index contributed by atoms with van der Waals surface area (Å²) >= 11 is 6.65. The molecule has 1 amide bonds. The largest absolute Gasteiger partial charge is 0.372 e. The molecule has 4 aromatic rings. The van der Waals surface area contributed by atoms with Crippen molar-refractivity contribution < 1.29 is 4.79 Å². The maximum Gasteiger partial charge on any atom is 0.255 e. The van der Waals surface area contributed by atoms with E-state index >= 15 is 0 Å². The number of carbonyl (C=O) groups is 1. The van der Waals surface area contributed by atoms with E-state index in [2.05, 4.69) is 46.5 Å². The molecule has 0 fully saturated rings. The predicted octanol–water partition coefficient (Wildman–Crippen LogP) is 5.77. The summed E-state index contributed by atoms with van der Waals surface area (Å²) in [5, 5.41) is 11.6. The van der Waals surface area contributed by atoms with Crippen molar-refractivity contribution in [2.45, 2.75) is 26.8 Å². The lowest BCUT2D eigenvalue weighted by atomic mass is 9.95.